The maximum absolute atomic E-state index is 12.5. The fourth-order valence-electron chi connectivity index (χ4n) is 3.47. The van der Waals surface area contributed by atoms with E-state index in [9.17, 15) is 9.59 Å². The van der Waals surface area contributed by atoms with Crippen molar-refractivity contribution in [1.29, 1.82) is 5.26 Å². The number of thiazole rings is 1. The standard InChI is InChI=1S/C23H30N6O2S/c1-17(15-21(30)28(2)12-8-24)7-9-26-22(31)19-5-3-18(4-6-19)20-16-32-23(27-20)29-13-10-25-11-14-29/h3-6,16-17,25H,7,9-15H2,1-2H3,(H,26,31). The molecule has 1 atom stereocenters. The van der Waals surface area contributed by atoms with Gasteiger partial charge in [-0.2, -0.15) is 5.26 Å². The quantitative estimate of drug-likeness (QED) is 0.564. The second-order valence-electron chi connectivity index (χ2n) is 8.09. The second kappa shape index (κ2) is 11.6. The van der Waals surface area contributed by atoms with Gasteiger partial charge in [0, 0.05) is 62.7 Å². The lowest BCUT2D eigenvalue weighted by Crippen LogP contribution is -2.43. The largest absolute Gasteiger partial charge is 0.352 e. The summed E-state index contributed by atoms with van der Waals surface area (Å²) in [5.74, 6) is -0.0551. The fourth-order valence-corrected chi connectivity index (χ4v) is 4.36. The van der Waals surface area contributed by atoms with Crippen molar-refractivity contribution in [3.8, 4) is 17.3 Å². The zero-order chi connectivity index (χ0) is 22.9. The first-order chi connectivity index (χ1) is 15.5. The summed E-state index contributed by atoms with van der Waals surface area (Å²) in [6, 6.07) is 9.46. The molecule has 9 heteroatoms. The zero-order valence-electron chi connectivity index (χ0n) is 18.6. The van der Waals surface area contributed by atoms with Crippen LogP contribution in [-0.4, -0.2) is 68.0 Å². The molecule has 1 aliphatic rings. The number of nitrogens with one attached hydrogen (secondary N) is 2. The molecule has 1 aliphatic heterocycles. The van der Waals surface area contributed by atoms with Crippen LogP contribution in [-0.2, 0) is 4.79 Å². The van der Waals surface area contributed by atoms with Crippen molar-refractivity contribution >= 4 is 28.3 Å². The summed E-state index contributed by atoms with van der Waals surface area (Å²) < 4.78 is 0. The van der Waals surface area contributed by atoms with Gasteiger partial charge >= 0.3 is 0 Å². The van der Waals surface area contributed by atoms with E-state index in [0.29, 0.717) is 24.9 Å². The molecule has 2 amide bonds. The Morgan fingerprint density at radius 3 is 2.72 bits per heavy atom. The van der Waals surface area contributed by atoms with Gasteiger partial charge in [0.2, 0.25) is 5.91 Å². The van der Waals surface area contributed by atoms with Crippen molar-refractivity contribution < 1.29 is 9.59 Å². The number of nitrogens with zero attached hydrogens (tertiary/aromatic N) is 4. The molecule has 1 aromatic heterocycles. The molecule has 0 aliphatic carbocycles. The number of amides is 2. The highest BCUT2D eigenvalue weighted by atomic mass is 32.1. The van der Waals surface area contributed by atoms with Gasteiger partial charge in [-0.3, -0.25) is 9.59 Å². The first-order valence-electron chi connectivity index (χ1n) is 10.9. The number of rotatable bonds is 9. The number of nitriles is 1. The minimum atomic E-state index is -0.128. The lowest BCUT2D eigenvalue weighted by Gasteiger charge is -2.26. The summed E-state index contributed by atoms with van der Waals surface area (Å²) in [4.78, 5) is 32.9. The molecule has 2 N–H and O–H groups in total. The summed E-state index contributed by atoms with van der Waals surface area (Å²) in [5.41, 5.74) is 2.52. The van der Waals surface area contributed by atoms with Crippen LogP contribution in [0.25, 0.3) is 11.3 Å². The molecule has 1 saturated heterocycles. The van der Waals surface area contributed by atoms with E-state index >= 15 is 0 Å². The molecule has 3 rings (SSSR count). The smallest absolute Gasteiger partial charge is 0.251 e. The lowest BCUT2D eigenvalue weighted by molar-refractivity contribution is -0.130. The Morgan fingerprint density at radius 1 is 1.31 bits per heavy atom. The van der Waals surface area contributed by atoms with Crippen molar-refractivity contribution in [3.05, 3.63) is 35.2 Å². The van der Waals surface area contributed by atoms with Crippen LogP contribution in [0.4, 0.5) is 5.13 Å². The number of hydrogen-bond acceptors (Lipinski definition) is 7. The van der Waals surface area contributed by atoms with Crippen molar-refractivity contribution in [3.63, 3.8) is 0 Å². The normalized spacial score (nSPS) is 14.5. The molecule has 1 fully saturated rings. The molecular formula is C23H30N6O2S. The predicted octanol–water partition coefficient (Wildman–Crippen LogP) is 2.35. The van der Waals surface area contributed by atoms with Crippen LogP contribution in [0.5, 0.6) is 0 Å². The summed E-state index contributed by atoms with van der Waals surface area (Å²) in [6.45, 7) is 6.46. The monoisotopic (exact) mass is 454 g/mol. The van der Waals surface area contributed by atoms with Crippen LogP contribution in [0.3, 0.4) is 0 Å². The third-order valence-electron chi connectivity index (χ3n) is 5.50. The number of carbonyl (C=O) groups excluding carboxylic acids is 2. The molecule has 0 radical (unpaired) electrons. The molecule has 0 saturated carbocycles. The van der Waals surface area contributed by atoms with Crippen LogP contribution in [0.2, 0.25) is 0 Å². The maximum Gasteiger partial charge on any atom is 0.251 e. The Morgan fingerprint density at radius 2 is 2.03 bits per heavy atom. The van der Waals surface area contributed by atoms with Gasteiger partial charge in [0.05, 0.1) is 11.8 Å². The summed E-state index contributed by atoms with van der Waals surface area (Å²) in [6.07, 6.45) is 1.07. The zero-order valence-corrected chi connectivity index (χ0v) is 19.5. The molecule has 1 unspecified atom stereocenters. The minimum Gasteiger partial charge on any atom is -0.352 e. The average Bonchev–Trinajstić information content (AvgIpc) is 3.30. The minimum absolute atomic E-state index is 0.0527. The van der Waals surface area contributed by atoms with Crippen LogP contribution in [0.1, 0.15) is 30.1 Å². The Labute approximate surface area is 193 Å². The van der Waals surface area contributed by atoms with E-state index < -0.39 is 0 Å². The number of carbonyl (C=O) groups is 2. The van der Waals surface area contributed by atoms with Crippen LogP contribution < -0.4 is 15.5 Å². The highest BCUT2D eigenvalue weighted by Gasteiger charge is 2.16. The van der Waals surface area contributed by atoms with Gasteiger partial charge in [0.25, 0.3) is 5.91 Å². The van der Waals surface area contributed by atoms with E-state index in [1.54, 1.807) is 18.4 Å². The topological polar surface area (TPSA) is 101 Å². The highest BCUT2D eigenvalue weighted by molar-refractivity contribution is 7.14. The van der Waals surface area contributed by atoms with Gasteiger partial charge in [0.1, 0.15) is 6.54 Å². The van der Waals surface area contributed by atoms with Gasteiger partial charge in [-0.1, -0.05) is 19.1 Å². The third kappa shape index (κ3) is 6.52. The molecule has 0 spiro atoms. The molecule has 1 aromatic carbocycles. The summed E-state index contributed by atoms with van der Waals surface area (Å²) in [5, 5.41) is 18.0. The Hall–Kier alpha value is -2.96. The van der Waals surface area contributed by atoms with Crippen molar-refractivity contribution in [2.75, 3.05) is 51.2 Å². The number of aromatic nitrogens is 1. The maximum atomic E-state index is 12.5. The predicted molar refractivity (Wildman–Crippen MR) is 127 cm³/mol. The van der Waals surface area contributed by atoms with Gasteiger partial charge < -0.3 is 20.4 Å². The summed E-state index contributed by atoms with van der Waals surface area (Å²) in [7, 11) is 1.63. The molecular weight excluding hydrogens is 424 g/mol. The van der Waals surface area contributed by atoms with Crippen molar-refractivity contribution in [2.24, 2.45) is 5.92 Å². The van der Waals surface area contributed by atoms with Gasteiger partial charge in [0.15, 0.2) is 5.13 Å². The van der Waals surface area contributed by atoms with E-state index in [0.717, 1.165) is 42.6 Å². The Bertz CT molecular complexity index is 946. The molecule has 2 aromatic rings. The van der Waals surface area contributed by atoms with E-state index in [-0.39, 0.29) is 24.3 Å². The Balaban J connectivity index is 1.46. The van der Waals surface area contributed by atoms with Crippen molar-refractivity contribution in [1.82, 2.24) is 20.5 Å². The first kappa shape index (κ1) is 23.7. The van der Waals surface area contributed by atoms with E-state index in [1.807, 2.05) is 37.3 Å². The molecule has 32 heavy (non-hydrogen) atoms. The first-order valence-corrected chi connectivity index (χ1v) is 11.8. The van der Waals surface area contributed by atoms with Gasteiger partial charge in [-0.15, -0.1) is 11.3 Å². The summed E-state index contributed by atoms with van der Waals surface area (Å²) >= 11 is 1.65. The number of piperazine rings is 1. The lowest BCUT2D eigenvalue weighted by atomic mass is 10.0. The van der Waals surface area contributed by atoms with E-state index in [1.165, 1.54) is 4.90 Å². The third-order valence-corrected chi connectivity index (χ3v) is 6.40. The number of hydrogen-bond donors (Lipinski definition) is 2. The van der Waals surface area contributed by atoms with E-state index in [2.05, 4.69) is 20.9 Å². The average molecular weight is 455 g/mol. The van der Waals surface area contributed by atoms with E-state index in [4.69, 9.17) is 10.2 Å². The van der Waals surface area contributed by atoms with Crippen LogP contribution >= 0.6 is 11.3 Å². The van der Waals surface area contributed by atoms with Crippen molar-refractivity contribution in [2.45, 2.75) is 19.8 Å². The van der Waals surface area contributed by atoms with Crippen LogP contribution in [0.15, 0.2) is 29.6 Å². The second-order valence-corrected chi connectivity index (χ2v) is 8.93. The molecule has 0 bridgehead atoms. The van der Waals surface area contributed by atoms with Gasteiger partial charge in [-0.05, 0) is 24.5 Å². The Kier molecular flexibility index (Phi) is 8.59. The fraction of sp³-hybridized carbons (Fsp3) is 0.478. The van der Waals surface area contributed by atoms with Gasteiger partial charge in [-0.25, -0.2) is 4.98 Å². The SMILES string of the molecule is CC(CCNC(=O)c1ccc(-c2csc(N3CCNCC3)n2)cc1)CC(=O)N(C)CC#N. The molecule has 8 nitrogen and oxygen atoms in total. The molecule has 2 heterocycles. The number of benzene rings is 1. The van der Waals surface area contributed by atoms with Crippen LogP contribution in [0, 0.1) is 17.2 Å². The number of anilines is 1. The molecule has 170 valence electrons. The highest BCUT2D eigenvalue weighted by Crippen LogP contribution is 2.27.